The zero-order chi connectivity index (χ0) is 13.8. The third-order valence-corrected chi connectivity index (χ3v) is 3.15. The third-order valence-electron chi connectivity index (χ3n) is 3.15. The van der Waals surface area contributed by atoms with E-state index in [0.29, 0.717) is 12.3 Å². The lowest BCUT2D eigenvalue weighted by Crippen LogP contribution is -2.39. The molecule has 0 aliphatic heterocycles. The summed E-state index contributed by atoms with van der Waals surface area (Å²) in [5.74, 6) is 0.146. The first-order chi connectivity index (χ1) is 9.13. The van der Waals surface area contributed by atoms with Crippen molar-refractivity contribution < 1.29 is 9.21 Å². The maximum Gasteiger partial charge on any atom is 0.287 e. The van der Waals surface area contributed by atoms with Crippen molar-refractivity contribution in [3.8, 4) is 0 Å². The number of amides is 1. The molecule has 1 aromatic heterocycles. The number of aryl methyl sites for hydroxylation is 1. The second-order valence-electron chi connectivity index (χ2n) is 4.85. The summed E-state index contributed by atoms with van der Waals surface area (Å²) in [4.78, 5) is 12.1. The van der Waals surface area contributed by atoms with Gasteiger partial charge in [-0.3, -0.25) is 4.79 Å². The zero-order valence-corrected chi connectivity index (χ0v) is 11.4. The molecule has 0 aliphatic rings. The van der Waals surface area contributed by atoms with Crippen molar-refractivity contribution in [1.82, 2.24) is 5.32 Å². The maximum absolute atomic E-state index is 12.1. The van der Waals surface area contributed by atoms with E-state index in [-0.39, 0.29) is 11.9 Å². The minimum absolute atomic E-state index is 0.00690. The standard InChI is InChI=1S/C15H20N2O2/c1-3-4-12(9-16)17-15(18)14-8-11-7-10(2)5-6-13(11)19-14/h5-8,12H,3-4,9,16H2,1-2H3,(H,17,18). The van der Waals surface area contributed by atoms with Gasteiger partial charge in [0.1, 0.15) is 5.58 Å². The van der Waals surface area contributed by atoms with Crippen LogP contribution in [0.1, 0.15) is 35.9 Å². The highest BCUT2D eigenvalue weighted by molar-refractivity contribution is 5.96. The van der Waals surface area contributed by atoms with Crippen molar-refractivity contribution in [2.45, 2.75) is 32.7 Å². The molecular weight excluding hydrogens is 240 g/mol. The van der Waals surface area contributed by atoms with E-state index in [1.54, 1.807) is 6.07 Å². The van der Waals surface area contributed by atoms with Crippen molar-refractivity contribution >= 4 is 16.9 Å². The molecule has 0 radical (unpaired) electrons. The highest BCUT2D eigenvalue weighted by Crippen LogP contribution is 2.20. The maximum atomic E-state index is 12.1. The molecule has 19 heavy (non-hydrogen) atoms. The normalized spacial score (nSPS) is 12.6. The highest BCUT2D eigenvalue weighted by atomic mass is 16.3. The van der Waals surface area contributed by atoms with E-state index in [2.05, 4.69) is 12.2 Å². The van der Waals surface area contributed by atoms with E-state index < -0.39 is 0 Å². The number of nitrogens with two attached hydrogens (primary N) is 1. The van der Waals surface area contributed by atoms with Gasteiger partial charge in [0.25, 0.3) is 5.91 Å². The van der Waals surface area contributed by atoms with E-state index >= 15 is 0 Å². The van der Waals surface area contributed by atoms with E-state index in [0.717, 1.165) is 29.4 Å². The number of furan rings is 1. The van der Waals surface area contributed by atoms with Crippen LogP contribution in [0.2, 0.25) is 0 Å². The molecule has 3 N–H and O–H groups in total. The van der Waals surface area contributed by atoms with E-state index in [1.165, 1.54) is 0 Å². The van der Waals surface area contributed by atoms with Crippen LogP contribution in [0.15, 0.2) is 28.7 Å². The molecule has 4 heteroatoms. The number of rotatable bonds is 5. The van der Waals surface area contributed by atoms with E-state index in [9.17, 15) is 4.79 Å². The van der Waals surface area contributed by atoms with E-state index in [1.807, 2.05) is 25.1 Å². The molecule has 1 aromatic carbocycles. The summed E-state index contributed by atoms with van der Waals surface area (Å²) in [5.41, 5.74) is 7.51. The topological polar surface area (TPSA) is 68.3 Å². The van der Waals surface area contributed by atoms with Crippen molar-refractivity contribution in [3.05, 3.63) is 35.6 Å². The fourth-order valence-corrected chi connectivity index (χ4v) is 2.13. The van der Waals surface area contributed by atoms with Crippen molar-refractivity contribution in [1.29, 1.82) is 0 Å². The quantitative estimate of drug-likeness (QED) is 0.868. The van der Waals surface area contributed by atoms with Crippen LogP contribution in [-0.2, 0) is 0 Å². The van der Waals surface area contributed by atoms with Gasteiger partial charge in [-0.25, -0.2) is 0 Å². The Labute approximate surface area is 113 Å². The van der Waals surface area contributed by atoms with Crippen molar-refractivity contribution in [2.75, 3.05) is 6.54 Å². The molecule has 0 saturated heterocycles. The summed E-state index contributed by atoms with van der Waals surface area (Å²) in [7, 11) is 0. The Morgan fingerprint density at radius 3 is 2.89 bits per heavy atom. The predicted octanol–water partition coefficient (Wildman–Crippen LogP) is 2.60. The number of benzene rings is 1. The van der Waals surface area contributed by atoms with Crippen LogP contribution in [-0.4, -0.2) is 18.5 Å². The molecule has 0 spiro atoms. The van der Waals surface area contributed by atoms with Crippen molar-refractivity contribution in [3.63, 3.8) is 0 Å². The van der Waals surface area contributed by atoms with Gasteiger partial charge in [0.05, 0.1) is 0 Å². The molecule has 4 nitrogen and oxygen atoms in total. The van der Waals surface area contributed by atoms with Gasteiger partial charge in [0, 0.05) is 18.0 Å². The largest absolute Gasteiger partial charge is 0.451 e. The van der Waals surface area contributed by atoms with Gasteiger partial charge in [0.2, 0.25) is 0 Å². The van der Waals surface area contributed by atoms with Gasteiger partial charge < -0.3 is 15.5 Å². The summed E-state index contributed by atoms with van der Waals surface area (Å²) in [6, 6.07) is 7.63. The van der Waals surface area contributed by atoms with Crippen molar-refractivity contribution in [2.24, 2.45) is 5.73 Å². The van der Waals surface area contributed by atoms with Gasteiger partial charge in [-0.15, -0.1) is 0 Å². The Bertz CT molecular complexity index is 575. The van der Waals surface area contributed by atoms with Gasteiger partial charge in [-0.05, 0) is 31.5 Å². The first-order valence-electron chi connectivity index (χ1n) is 6.65. The molecular formula is C15H20N2O2. The van der Waals surface area contributed by atoms with Crippen LogP contribution in [0.5, 0.6) is 0 Å². The Balaban J connectivity index is 2.17. The fraction of sp³-hybridized carbons (Fsp3) is 0.400. The summed E-state index contributed by atoms with van der Waals surface area (Å²) in [6.07, 6.45) is 1.86. The number of carbonyl (C=O) groups is 1. The molecule has 1 atom stereocenters. The van der Waals surface area contributed by atoms with Crippen LogP contribution in [0.3, 0.4) is 0 Å². The molecule has 1 amide bonds. The number of hydrogen-bond donors (Lipinski definition) is 2. The second-order valence-corrected chi connectivity index (χ2v) is 4.85. The minimum Gasteiger partial charge on any atom is -0.451 e. The highest BCUT2D eigenvalue weighted by Gasteiger charge is 2.15. The molecule has 0 fully saturated rings. The smallest absolute Gasteiger partial charge is 0.287 e. The van der Waals surface area contributed by atoms with Gasteiger partial charge in [0.15, 0.2) is 5.76 Å². The molecule has 0 aliphatic carbocycles. The lowest BCUT2D eigenvalue weighted by Gasteiger charge is -2.14. The fourth-order valence-electron chi connectivity index (χ4n) is 2.13. The summed E-state index contributed by atoms with van der Waals surface area (Å²) in [5, 5.41) is 3.85. The van der Waals surface area contributed by atoms with Crippen LogP contribution in [0, 0.1) is 6.92 Å². The Kier molecular flexibility index (Phi) is 4.22. The molecule has 102 valence electrons. The molecule has 2 rings (SSSR count). The van der Waals surface area contributed by atoms with Crippen LogP contribution in [0.25, 0.3) is 11.0 Å². The third kappa shape index (κ3) is 3.15. The van der Waals surface area contributed by atoms with Gasteiger partial charge in [-0.1, -0.05) is 25.0 Å². The van der Waals surface area contributed by atoms with E-state index in [4.69, 9.17) is 10.2 Å². The summed E-state index contributed by atoms with van der Waals surface area (Å²) >= 11 is 0. The Hall–Kier alpha value is -1.81. The lowest BCUT2D eigenvalue weighted by atomic mass is 10.1. The molecule has 0 bridgehead atoms. The SMILES string of the molecule is CCCC(CN)NC(=O)c1cc2cc(C)ccc2o1. The monoisotopic (exact) mass is 260 g/mol. The first kappa shape index (κ1) is 13.6. The average molecular weight is 260 g/mol. The molecule has 0 saturated carbocycles. The average Bonchev–Trinajstić information content (AvgIpc) is 2.81. The van der Waals surface area contributed by atoms with Crippen LogP contribution in [0.4, 0.5) is 0 Å². The Morgan fingerprint density at radius 1 is 1.42 bits per heavy atom. The summed E-state index contributed by atoms with van der Waals surface area (Å²) < 4.78 is 5.56. The Morgan fingerprint density at radius 2 is 2.21 bits per heavy atom. The van der Waals surface area contributed by atoms with Crippen LogP contribution < -0.4 is 11.1 Å². The second kappa shape index (κ2) is 5.89. The number of hydrogen-bond acceptors (Lipinski definition) is 3. The first-order valence-corrected chi connectivity index (χ1v) is 6.65. The molecule has 1 heterocycles. The number of carbonyl (C=O) groups excluding carboxylic acids is 1. The summed E-state index contributed by atoms with van der Waals surface area (Å²) in [6.45, 7) is 4.52. The molecule has 2 aromatic rings. The molecule has 1 unspecified atom stereocenters. The van der Waals surface area contributed by atoms with Crippen LogP contribution >= 0.6 is 0 Å². The minimum atomic E-state index is -0.197. The lowest BCUT2D eigenvalue weighted by molar-refractivity contribution is 0.0910. The zero-order valence-electron chi connectivity index (χ0n) is 11.4. The predicted molar refractivity (Wildman–Crippen MR) is 76.2 cm³/mol. The number of fused-ring (bicyclic) bond motifs is 1. The number of nitrogens with one attached hydrogen (secondary N) is 1. The van der Waals surface area contributed by atoms with Gasteiger partial charge in [-0.2, -0.15) is 0 Å². The van der Waals surface area contributed by atoms with Gasteiger partial charge >= 0.3 is 0 Å².